The molecule has 1 aliphatic carbocycles. The minimum absolute atomic E-state index is 0. The lowest BCUT2D eigenvalue weighted by Gasteiger charge is -2.42. The summed E-state index contributed by atoms with van der Waals surface area (Å²) >= 11 is 6.18. The molecule has 1 atom stereocenters. The summed E-state index contributed by atoms with van der Waals surface area (Å²) in [6.45, 7) is 3.06. The molecule has 0 N–H and O–H groups in total. The second kappa shape index (κ2) is 8.91. The normalized spacial score (nSPS) is 22.3. The second-order valence-electron chi connectivity index (χ2n) is 7.52. The number of benzene rings is 1. The number of nitrogens with zero attached hydrogens (tertiary/aromatic N) is 2. The van der Waals surface area contributed by atoms with Crippen molar-refractivity contribution in [3.63, 3.8) is 0 Å². The number of hydrogen-bond donors (Lipinski definition) is 0. The van der Waals surface area contributed by atoms with Crippen LogP contribution in [0.2, 0.25) is 5.02 Å². The van der Waals surface area contributed by atoms with Crippen LogP contribution in [0.5, 0.6) is 5.75 Å². The Balaban J connectivity index is 0.00000131. The highest BCUT2D eigenvalue weighted by molar-refractivity contribution is 6.30. The summed E-state index contributed by atoms with van der Waals surface area (Å²) in [7, 11) is 4.26. The summed E-state index contributed by atoms with van der Waals surface area (Å²) < 4.78 is 6.56. The third-order valence-electron chi connectivity index (χ3n) is 5.23. The van der Waals surface area contributed by atoms with E-state index in [0.29, 0.717) is 0 Å². The summed E-state index contributed by atoms with van der Waals surface area (Å²) in [4.78, 5) is 4.69. The zero-order valence-electron chi connectivity index (χ0n) is 15.8. The van der Waals surface area contributed by atoms with Gasteiger partial charge in [0.15, 0.2) is 5.60 Å². The van der Waals surface area contributed by atoms with Gasteiger partial charge in [0.25, 0.3) is 0 Å². The lowest BCUT2D eigenvalue weighted by Crippen LogP contribution is -2.50. The van der Waals surface area contributed by atoms with Crippen LogP contribution in [0.4, 0.5) is 0 Å². The van der Waals surface area contributed by atoms with E-state index in [2.05, 4.69) is 54.4 Å². The number of rotatable bonds is 4. The summed E-state index contributed by atoms with van der Waals surface area (Å²) in [5, 5.41) is 0.739. The Bertz CT molecular complexity index is 773. The molecule has 27 heavy (non-hydrogen) atoms. The Hall–Kier alpha value is -1.13. The van der Waals surface area contributed by atoms with Crippen molar-refractivity contribution in [3.05, 3.63) is 64.4 Å². The molecule has 6 heteroatoms. The quantitative estimate of drug-likeness (QED) is 0.677. The third kappa shape index (κ3) is 4.48. The fourth-order valence-electron chi connectivity index (χ4n) is 4.12. The molecule has 1 unspecified atom stereocenters. The lowest BCUT2D eigenvalue weighted by atomic mass is 9.79. The topological polar surface area (TPSA) is 15.7 Å². The minimum atomic E-state index is -0.278. The smallest absolute Gasteiger partial charge is 0.156 e. The van der Waals surface area contributed by atoms with Gasteiger partial charge in [-0.2, -0.15) is 0 Å². The highest BCUT2D eigenvalue weighted by Gasteiger charge is 2.47. The molecule has 0 aromatic heterocycles. The Morgan fingerprint density at radius 1 is 1.26 bits per heavy atom. The van der Waals surface area contributed by atoms with Gasteiger partial charge in [-0.1, -0.05) is 35.9 Å². The molecule has 0 bridgehead atoms. The SMILES string of the molecule is CN(C)CCCN1C=C2CC=CC=C2C2(Cc3ccc(Cl)cc3O2)C1.Cl.Cl. The van der Waals surface area contributed by atoms with Crippen molar-refractivity contribution in [1.29, 1.82) is 0 Å². The summed E-state index contributed by atoms with van der Waals surface area (Å²) in [5.41, 5.74) is 3.71. The zero-order valence-corrected chi connectivity index (χ0v) is 18.2. The van der Waals surface area contributed by atoms with Crippen LogP contribution < -0.4 is 4.74 Å². The lowest BCUT2D eigenvalue weighted by molar-refractivity contribution is 0.0887. The summed E-state index contributed by atoms with van der Waals surface area (Å²) in [6.07, 6.45) is 12.0. The van der Waals surface area contributed by atoms with Gasteiger partial charge >= 0.3 is 0 Å². The van der Waals surface area contributed by atoms with Crippen molar-refractivity contribution < 1.29 is 4.74 Å². The van der Waals surface area contributed by atoms with Crippen LogP contribution in [-0.4, -0.2) is 49.1 Å². The highest BCUT2D eigenvalue weighted by Crippen LogP contribution is 2.46. The molecule has 0 amide bonds. The Kier molecular flexibility index (Phi) is 7.32. The maximum absolute atomic E-state index is 6.56. The second-order valence-corrected chi connectivity index (χ2v) is 7.96. The van der Waals surface area contributed by atoms with Crippen LogP contribution in [0.15, 0.2) is 53.8 Å². The Morgan fingerprint density at radius 2 is 2.07 bits per heavy atom. The van der Waals surface area contributed by atoms with Gasteiger partial charge in [-0.25, -0.2) is 0 Å². The number of allylic oxidation sites excluding steroid dienone is 3. The van der Waals surface area contributed by atoms with E-state index < -0.39 is 0 Å². The molecule has 4 rings (SSSR count). The van der Waals surface area contributed by atoms with Crippen molar-refractivity contribution in [2.24, 2.45) is 0 Å². The van der Waals surface area contributed by atoms with Gasteiger partial charge in [0.05, 0.1) is 6.54 Å². The van der Waals surface area contributed by atoms with E-state index in [9.17, 15) is 0 Å². The third-order valence-corrected chi connectivity index (χ3v) is 5.47. The molecule has 3 nitrogen and oxygen atoms in total. The van der Waals surface area contributed by atoms with Crippen molar-refractivity contribution in [2.75, 3.05) is 33.7 Å². The maximum atomic E-state index is 6.56. The molecule has 1 spiro atoms. The van der Waals surface area contributed by atoms with Crippen LogP contribution in [-0.2, 0) is 6.42 Å². The van der Waals surface area contributed by atoms with E-state index in [4.69, 9.17) is 16.3 Å². The van der Waals surface area contributed by atoms with Crippen molar-refractivity contribution in [3.8, 4) is 5.75 Å². The Labute approximate surface area is 179 Å². The van der Waals surface area contributed by atoms with Gasteiger partial charge in [-0.05, 0) is 56.8 Å². The first-order valence-corrected chi connectivity index (χ1v) is 9.38. The van der Waals surface area contributed by atoms with Crippen molar-refractivity contribution in [1.82, 2.24) is 9.80 Å². The van der Waals surface area contributed by atoms with E-state index in [1.54, 1.807) is 0 Å². The molecule has 2 heterocycles. The zero-order chi connectivity index (χ0) is 17.4. The van der Waals surface area contributed by atoms with Crippen LogP contribution in [0.1, 0.15) is 18.4 Å². The molecule has 0 fully saturated rings. The average Bonchev–Trinajstić information content (AvgIpc) is 2.92. The van der Waals surface area contributed by atoms with E-state index >= 15 is 0 Å². The minimum Gasteiger partial charge on any atom is -0.480 e. The molecular formula is C21H27Cl3N2O. The molecule has 3 aliphatic rings. The summed E-state index contributed by atoms with van der Waals surface area (Å²) in [6, 6.07) is 6.03. The van der Waals surface area contributed by atoms with E-state index in [1.165, 1.54) is 16.7 Å². The van der Waals surface area contributed by atoms with Gasteiger partial charge in [-0.3, -0.25) is 0 Å². The van der Waals surface area contributed by atoms with Gasteiger partial charge in [0.1, 0.15) is 5.75 Å². The molecule has 0 saturated carbocycles. The first-order valence-electron chi connectivity index (χ1n) is 9.00. The number of fused-ring (bicyclic) bond motifs is 3. The fourth-order valence-corrected chi connectivity index (χ4v) is 4.28. The molecule has 0 saturated heterocycles. The predicted octanol–water partition coefficient (Wildman–Crippen LogP) is 4.89. The maximum Gasteiger partial charge on any atom is 0.156 e. The van der Waals surface area contributed by atoms with Crippen LogP contribution >= 0.6 is 36.4 Å². The first-order chi connectivity index (χ1) is 12.1. The van der Waals surface area contributed by atoms with Gasteiger partial charge < -0.3 is 14.5 Å². The molecule has 2 aliphatic heterocycles. The van der Waals surface area contributed by atoms with Crippen molar-refractivity contribution in [2.45, 2.75) is 24.9 Å². The summed E-state index contributed by atoms with van der Waals surface area (Å²) in [5.74, 6) is 0.942. The largest absolute Gasteiger partial charge is 0.480 e. The van der Waals surface area contributed by atoms with Crippen LogP contribution in [0, 0.1) is 0 Å². The predicted molar refractivity (Wildman–Crippen MR) is 118 cm³/mol. The molecular weight excluding hydrogens is 403 g/mol. The van der Waals surface area contributed by atoms with Crippen molar-refractivity contribution >= 4 is 36.4 Å². The van der Waals surface area contributed by atoms with Gasteiger partial charge in [-0.15, -0.1) is 24.8 Å². The van der Waals surface area contributed by atoms with Crippen LogP contribution in [0.25, 0.3) is 0 Å². The Morgan fingerprint density at radius 3 is 2.85 bits per heavy atom. The fraction of sp³-hybridized carbons (Fsp3) is 0.429. The molecule has 1 aromatic rings. The number of halogens is 3. The average molecular weight is 430 g/mol. The van der Waals surface area contributed by atoms with E-state index in [0.717, 1.165) is 49.7 Å². The van der Waals surface area contributed by atoms with E-state index in [1.807, 2.05) is 12.1 Å². The van der Waals surface area contributed by atoms with Gasteiger partial charge in [0.2, 0.25) is 0 Å². The van der Waals surface area contributed by atoms with Crippen LogP contribution in [0.3, 0.4) is 0 Å². The first kappa shape index (κ1) is 22.2. The highest BCUT2D eigenvalue weighted by atomic mass is 35.5. The number of hydrogen-bond acceptors (Lipinski definition) is 3. The molecule has 148 valence electrons. The number of ether oxygens (including phenoxy) is 1. The van der Waals surface area contributed by atoms with Gasteiger partial charge in [0, 0.05) is 29.8 Å². The molecule has 0 radical (unpaired) electrons. The van der Waals surface area contributed by atoms with E-state index in [-0.39, 0.29) is 30.4 Å². The monoisotopic (exact) mass is 428 g/mol. The standard InChI is InChI=1S/C21H25ClN2O.2ClH/c1-23(2)10-5-11-24-14-17-6-3-4-7-19(17)21(15-24)13-16-8-9-18(22)12-20(16)25-21;;/h3-4,7-9,12,14H,5-6,10-11,13,15H2,1-2H3;2*1H. The molecule has 1 aromatic carbocycles.